The average Bonchev–Trinajstić information content (AvgIpc) is 3.58. The summed E-state index contributed by atoms with van der Waals surface area (Å²) in [4.78, 5) is 4.86. The molecule has 0 saturated carbocycles. The van der Waals surface area contributed by atoms with Crippen LogP contribution in [0.15, 0.2) is 182 Å². The maximum Gasteiger partial charge on any atom is 0.137 e. The largest absolute Gasteiger partial charge is 0.457 e. The first-order chi connectivity index (χ1) is 29.0. The molecule has 0 spiro atoms. The van der Waals surface area contributed by atoms with E-state index in [9.17, 15) is 0 Å². The zero-order chi connectivity index (χ0) is 41.4. The SMILES string of the molecule is CC(C)(C)c1ccnc(-n2c3ccccc3c3ccc(Oc4cccc(Nc5cccc(-c6ccccc6)c5Nc5cc(C(C)(C)C)ccc5-c5ccccc5)c4)cc32)c1. The van der Waals surface area contributed by atoms with Crippen LogP contribution in [0.4, 0.5) is 22.7 Å². The molecule has 5 nitrogen and oxygen atoms in total. The van der Waals surface area contributed by atoms with E-state index in [2.05, 4.69) is 221 Å². The zero-order valence-electron chi connectivity index (χ0n) is 35.1. The van der Waals surface area contributed by atoms with E-state index in [0.29, 0.717) is 0 Å². The second-order valence-corrected chi connectivity index (χ2v) is 17.5. The number of hydrogen-bond donors (Lipinski definition) is 2. The number of benzene rings is 7. The predicted octanol–water partition coefficient (Wildman–Crippen LogP) is 15.4. The number of para-hydroxylation sites is 2. The van der Waals surface area contributed by atoms with E-state index in [1.165, 1.54) is 16.5 Å². The van der Waals surface area contributed by atoms with Crippen molar-refractivity contribution in [3.05, 3.63) is 193 Å². The van der Waals surface area contributed by atoms with E-state index in [0.717, 1.165) is 78.7 Å². The summed E-state index contributed by atoms with van der Waals surface area (Å²) in [6.45, 7) is 13.5. The number of nitrogens with one attached hydrogen (secondary N) is 2. The van der Waals surface area contributed by atoms with Crippen LogP contribution in [0.25, 0.3) is 49.9 Å². The number of anilines is 4. The molecule has 0 atom stereocenters. The zero-order valence-corrected chi connectivity index (χ0v) is 35.1. The van der Waals surface area contributed by atoms with Gasteiger partial charge in [0, 0.05) is 51.6 Å². The normalized spacial score (nSPS) is 11.8. The first-order valence-electron chi connectivity index (χ1n) is 20.7. The summed E-state index contributed by atoms with van der Waals surface area (Å²) in [6, 6.07) is 61.7. The van der Waals surface area contributed by atoms with Crippen LogP contribution in [-0.2, 0) is 10.8 Å². The van der Waals surface area contributed by atoms with Crippen molar-refractivity contribution in [2.75, 3.05) is 10.6 Å². The van der Waals surface area contributed by atoms with E-state index in [1.807, 2.05) is 18.3 Å². The molecule has 0 fully saturated rings. The first kappa shape index (κ1) is 38.4. The minimum atomic E-state index is -0.0264. The minimum Gasteiger partial charge on any atom is -0.457 e. The Morgan fingerprint density at radius 3 is 1.87 bits per heavy atom. The Kier molecular flexibility index (Phi) is 9.97. The van der Waals surface area contributed by atoms with Crippen LogP contribution in [0.5, 0.6) is 11.5 Å². The number of pyridine rings is 1. The summed E-state index contributed by atoms with van der Waals surface area (Å²) in [5.74, 6) is 2.37. The highest BCUT2D eigenvalue weighted by molar-refractivity contribution is 6.09. The lowest BCUT2D eigenvalue weighted by Crippen LogP contribution is -2.12. The van der Waals surface area contributed by atoms with Gasteiger partial charge < -0.3 is 15.4 Å². The third-order valence-electron chi connectivity index (χ3n) is 11.2. The quantitative estimate of drug-likeness (QED) is 0.153. The van der Waals surface area contributed by atoms with Crippen molar-refractivity contribution >= 4 is 44.6 Å². The van der Waals surface area contributed by atoms with Crippen LogP contribution in [0.3, 0.4) is 0 Å². The van der Waals surface area contributed by atoms with Gasteiger partial charge in [0.05, 0.1) is 22.4 Å². The van der Waals surface area contributed by atoms with Gasteiger partial charge in [0.25, 0.3) is 0 Å². The van der Waals surface area contributed by atoms with Crippen LogP contribution < -0.4 is 15.4 Å². The Bertz CT molecular complexity index is 2970. The van der Waals surface area contributed by atoms with Gasteiger partial charge in [-0.05, 0) is 87.7 Å². The lowest BCUT2D eigenvalue weighted by Gasteiger charge is -2.24. The molecular weight excluding hydrogens is 733 g/mol. The second kappa shape index (κ2) is 15.6. The van der Waals surface area contributed by atoms with E-state index in [4.69, 9.17) is 9.72 Å². The number of hydrogen-bond acceptors (Lipinski definition) is 4. The van der Waals surface area contributed by atoms with Gasteiger partial charge >= 0.3 is 0 Å². The fourth-order valence-electron chi connectivity index (χ4n) is 7.96. The maximum absolute atomic E-state index is 6.67. The van der Waals surface area contributed by atoms with Crippen molar-refractivity contribution in [3.63, 3.8) is 0 Å². The smallest absolute Gasteiger partial charge is 0.137 e. The van der Waals surface area contributed by atoms with Gasteiger partial charge in [-0.1, -0.05) is 151 Å². The Morgan fingerprint density at radius 1 is 0.467 bits per heavy atom. The molecule has 2 N–H and O–H groups in total. The molecule has 0 saturated heterocycles. The molecule has 296 valence electrons. The molecule has 0 aliphatic rings. The van der Waals surface area contributed by atoms with Crippen molar-refractivity contribution < 1.29 is 4.74 Å². The van der Waals surface area contributed by atoms with Crippen LogP contribution >= 0.6 is 0 Å². The van der Waals surface area contributed by atoms with Gasteiger partial charge in [0.2, 0.25) is 0 Å². The standard InChI is InChI=1S/C55H50N4O/c1-54(2,3)39-27-29-44(37-17-9-7-10-18-37)49(33-39)58-53-45(38-19-11-8-12-20-38)24-16-25-48(53)57-41-21-15-22-42(35-41)60-43-28-30-47-46-23-13-14-26-50(46)59(51(47)36-43)52-34-40(31-32-56-52)55(4,5)6/h7-36,57-58H,1-6H3. The van der Waals surface area contributed by atoms with Gasteiger partial charge in [0.1, 0.15) is 17.3 Å². The van der Waals surface area contributed by atoms with Crippen molar-refractivity contribution in [1.29, 1.82) is 0 Å². The number of aromatic nitrogens is 2. The topological polar surface area (TPSA) is 51.1 Å². The molecular formula is C55H50N4O. The van der Waals surface area contributed by atoms with Crippen LogP contribution in [0.2, 0.25) is 0 Å². The summed E-state index contributed by atoms with van der Waals surface area (Å²) < 4.78 is 8.92. The first-order valence-corrected chi connectivity index (χ1v) is 20.7. The summed E-state index contributed by atoms with van der Waals surface area (Å²) >= 11 is 0. The third-order valence-corrected chi connectivity index (χ3v) is 11.2. The van der Waals surface area contributed by atoms with E-state index < -0.39 is 0 Å². The molecule has 0 bridgehead atoms. The number of fused-ring (bicyclic) bond motifs is 3. The monoisotopic (exact) mass is 782 g/mol. The molecule has 5 heteroatoms. The lowest BCUT2D eigenvalue weighted by atomic mass is 9.85. The number of ether oxygens (including phenoxy) is 1. The molecule has 9 aromatic rings. The molecule has 9 rings (SSSR count). The third kappa shape index (κ3) is 7.74. The maximum atomic E-state index is 6.67. The molecule has 2 heterocycles. The van der Waals surface area contributed by atoms with E-state index in [1.54, 1.807) is 0 Å². The summed E-state index contributed by atoms with van der Waals surface area (Å²) in [5.41, 5.74) is 13.0. The molecule has 0 aliphatic carbocycles. The van der Waals surface area contributed by atoms with Gasteiger partial charge in [-0.2, -0.15) is 0 Å². The van der Waals surface area contributed by atoms with Crippen molar-refractivity contribution in [3.8, 4) is 39.6 Å². The number of nitrogens with zero attached hydrogens (tertiary/aromatic N) is 2. The van der Waals surface area contributed by atoms with Crippen LogP contribution in [-0.4, -0.2) is 9.55 Å². The second-order valence-electron chi connectivity index (χ2n) is 17.5. The molecule has 2 aromatic heterocycles. The van der Waals surface area contributed by atoms with Crippen LogP contribution in [0.1, 0.15) is 52.7 Å². The summed E-state index contributed by atoms with van der Waals surface area (Å²) in [6.07, 6.45) is 1.91. The summed E-state index contributed by atoms with van der Waals surface area (Å²) in [5, 5.41) is 10.1. The summed E-state index contributed by atoms with van der Waals surface area (Å²) in [7, 11) is 0. The number of rotatable bonds is 9. The van der Waals surface area contributed by atoms with Gasteiger partial charge in [-0.15, -0.1) is 0 Å². The highest BCUT2D eigenvalue weighted by Gasteiger charge is 2.21. The van der Waals surface area contributed by atoms with Crippen molar-refractivity contribution in [2.45, 2.75) is 52.4 Å². The van der Waals surface area contributed by atoms with Gasteiger partial charge in [-0.25, -0.2) is 4.98 Å². The van der Waals surface area contributed by atoms with E-state index >= 15 is 0 Å². The highest BCUT2D eigenvalue weighted by Crippen LogP contribution is 2.42. The Morgan fingerprint density at radius 2 is 1.12 bits per heavy atom. The molecule has 60 heavy (non-hydrogen) atoms. The highest BCUT2D eigenvalue weighted by atomic mass is 16.5. The van der Waals surface area contributed by atoms with Crippen LogP contribution in [0, 0.1) is 0 Å². The molecule has 0 unspecified atom stereocenters. The average molecular weight is 783 g/mol. The fraction of sp³-hybridized carbons (Fsp3) is 0.145. The lowest BCUT2D eigenvalue weighted by molar-refractivity contribution is 0.483. The molecule has 7 aromatic carbocycles. The fourth-order valence-corrected chi connectivity index (χ4v) is 7.96. The molecule has 0 radical (unpaired) electrons. The predicted molar refractivity (Wildman–Crippen MR) is 253 cm³/mol. The van der Waals surface area contributed by atoms with Gasteiger partial charge in [-0.3, -0.25) is 4.57 Å². The molecule has 0 aliphatic heterocycles. The van der Waals surface area contributed by atoms with Gasteiger partial charge in [0.15, 0.2) is 0 Å². The molecule has 0 amide bonds. The Hall–Kier alpha value is -7.11. The van der Waals surface area contributed by atoms with E-state index in [-0.39, 0.29) is 10.8 Å². The minimum absolute atomic E-state index is 0.00803. The Labute approximate surface area is 353 Å². The van der Waals surface area contributed by atoms with Crippen molar-refractivity contribution in [2.24, 2.45) is 0 Å². The Balaban J connectivity index is 1.09. The van der Waals surface area contributed by atoms with Crippen molar-refractivity contribution in [1.82, 2.24) is 9.55 Å².